The minimum atomic E-state index is -4.81. The van der Waals surface area contributed by atoms with E-state index in [-0.39, 0.29) is 19.4 Å². The van der Waals surface area contributed by atoms with Crippen molar-refractivity contribution in [3.63, 3.8) is 0 Å². The number of esters is 2. The molecule has 0 spiro atoms. The summed E-state index contributed by atoms with van der Waals surface area (Å²) in [5.74, 6) is -0.409. The van der Waals surface area contributed by atoms with Crippen LogP contribution in [0.3, 0.4) is 0 Å². The van der Waals surface area contributed by atoms with Crippen molar-refractivity contribution in [1.29, 1.82) is 0 Å². The van der Waals surface area contributed by atoms with Crippen LogP contribution in [0, 0.1) is 5.92 Å². The first-order chi connectivity index (χ1) is 21.9. The number of phosphoric acid groups is 1. The van der Waals surface area contributed by atoms with Gasteiger partial charge in [0.05, 0.1) is 18.8 Å². The van der Waals surface area contributed by atoms with E-state index in [1.165, 1.54) is 19.3 Å². The normalized spacial score (nSPS) is 14.6. The lowest BCUT2D eigenvalue weighted by atomic mass is 10.0. The fraction of sp³-hybridized carbons (Fsp3) is 0.714. The van der Waals surface area contributed by atoms with E-state index in [1.807, 2.05) is 30.4 Å². The van der Waals surface area contributed by atoms with Crippen molar-refractivity contribution in [2.24, 2.45) is 5.92 Å². The number of carbonyl (C=O) groups is 2. The maximum absolute atomic E-state index is 12.3. The highest BCUT2D eigenvalue weighted by Gasteiger charge is 2.23. The van der Waals surface area contributed by atoms with Crippen molar-refractivity contribution in [3.8, 4) is 0 Å². The second-order valence-corrected chi connectivity index (χ2v) is 13.3. The molecule has 0 aliphatic carbocycles. The average Bonchev–Trinajstić information content (AvgIpc) is 2.98. The second-order valence-electron chi connectivity index (χ2n) is 12.0. The van der Waals surface area contributed by atoms with Crippen LogP contribution in [0.2, 0.25) is 0 Å². The Kier molecular flexibility index (Phi) is 27.8. The molecule has 0 aliphatic rings. The minimum absolute atomic E-state index is 0.0378. The Hall–Kier alpha value is -2.07. The SMILES string of the molecule is CCCCC[C@@H](O)/C=C/C=C\C/C=C\C=C\[C@@H](O)CCCC(=O)O[C@H](COC(=O)CCCCCCCCC(C)C)COP(=O)(O)O. The van der Waals surface area contributed by atoms with Crippen LogP contribution >= 0.6 is 7.82 Å². The number of ether oxygens (including phenoxy) is 2. The van der Waals surface area contributed by atoms with E-state index < -0.39 is 44.7 Å². The molecule has 0 unspecified atom stereocenters. The summed E-state index contributed by atoms with van der Waals surface area (Å²) < 4.78 is 26.0. The molecule has 0 saturated heterocycles. The van der Waals surface area contributed by atoms with Gasteiger partial charge in [-0.15, -0.1) is 0 Å². The van der Waals surface area contributed by atoms with Crippen molar-refractivity contribution in [1.82, 2.24) is 0 Å². The van der Waals surface area contributed by atoms with Gasteiger partial charge in [-0.2, -0.15) is 0 Å². The summed E-state index contributed by atoms with van der Waals surface area (Å²) in [6, 6.07) is 0. The molecule has 0 radical (unpaired) electrons. The Labute approximate surface area is 277 Å². The summed E-state index contributed by atoms with van der Waals surface area (Å²) in [5.41, 5.74) is 0. The lowest BCUT2D eigenvalue weighted by Crippen LogP contribution is -2.29. The van der Waals surface area contributed by atoms with E-state index in [0.717, 1.165) is 44.9 Å². The zero-order chi connectivity index (χ0) is 34.5. The van der Waals surface area contributed by atoms with Crippen molar-refractivity contribution in [2.75, 3.05) is 13.2 Å². The summed E-state index contributed by atoms with van der Waals surface area (Å²) in [6.07, 6.45) is 25.1. The Morgan fingerprint density at radius 1 is 0.696 bits per heavy atom. The topological polar surface area (TPSA) is 160 Å². The van der Waals surface area contributed by atoms with Crippen LogP contribution in [0.5, 0.6) is 0 Å². The van der Waals surface area contributed by atoms with Gasteiger partial charge in [0.2, 0.25) is 0 Å². The molecule has 0 fully saturated rings. The second kappa shape index (κ2) is 29.1. The first kappa shape index (κ1) is 43.9. The molecule has 0 heterocycles. The van der Waals surface area contributed by atoms with Crippen LogP contribution in [0.1, 0.15) is 124 Å². The molecular weight excluding hydrogens is 611 g/mol. The van der Waals surface area contributed by atoms with Crippen LogP contribution in [0.15, 0.2) is 48.6 Å². The van der Waals surface area contributed by atoms with E-state index in [4.69, 9.17) is 19.3 Å². The quantitative estimate of drug-likeness (QED) is 0.0273. The number of hydrogen-bond donors (Lipinski definition) is 4. The predicted molar refractivity (Wildman–Crippen MR) is 182 cm³/mol. The van der Waals surface area contributed by atoms with E-state index in [9.17, 15) is 24.4 Å². The number of allylic oxidation sites excluding steroid dienone is 6. The molecule has 10 nitrogen and oxygen atoms in total. The van der Waals surface area contributed by atoms with Crippen molar-refractivity contribution < 1.29 is 48.2 Å². The maximum atomic E-state index is 12.3. The summed E-state index contributed by atoms with van der Waals surface area (Å²) in [6.45, 7) is 5.57. The van der Waals surface area contributed by atoms with Crippen molar-refractivity contribution in [3.05, 3.63) is 48.6 Å². The third kappa shape index (κ3) is 31.9. The fourth-order valence-electron chi connectivity index (χ4n) is 4.36. The number of carbonyl (C=O) groups excluding carboxylic acids is 2. The summed E-state index contributed by atoms with van der Waals surface area (Å²) >= 11 is 0. The lowest BCUT2D eigenvalue weighted by molar-refractivity contribution is -0.161. The van der Waals surface area contributed by atoms with Gasteiger partial charge in [0.25, 0.3) is 0 Å². The minimum Gasteiger partial charge on any atom is -0.462 e. The van der Waals surface area contributed by atoms with Crippen LogP contribution in [-0.4, -0.2) is 63.5 Å². The zero-order valence-corrected chi connectivity index (χ0v) is 29.2. The van der Waals surface area contributed by atoms with Gasteiger partial charge in [-0.05, 0) is 38.0 Å². The van der Waals surface area contributed by atoms with Crippen molar-refractivity contribution in [2.45, 2.75) is 142 Å². The standard InChI is InChI=1S/C35H61O10P/c1-4-5-15-22-31(36)23-17-12-7-6-8-13-18-24-32(37)25-20-27-35(39)45-33(29-44-46(40,41)42)28-43-34(38)26-19-14-10-9-11-16-21-30(2)3/h7-8,12-13,17-18,23-24,30-33,36-37H,4-6,9-11,14-16,19-22,25-29H2,1-3H3,(H2,40,41,42)/b12-7-,13-8-,23-17+,24-18+/t31-,32-,33-/m1/s1. The molecule has 46 heavy (non-hydrogen) atoms. The highest BCUT2D eigenvalue weighted by Crippen LogP contribution is 2.35. The van der Waals surface area contributed by atoms with Gasteiger partial charge >= 0.3 is 19.8 Å². The Balaban J connectivity index is 4.32. The van der Waals surface area contributed by atoms with Gasteiger partial charge < -0.3 is 29.5 Å². The summed E-state index contributed by atoms with van der Waals surface area (Å²) in [4.78, 5) is 42.5. The molecule has 0 saturated carbocycles. The molecule has 0 amide bonds. The number of phosphoric ester groups is 1. The van der Waals surface area contributed by atoms with Gasteiger partial charge in [0.1, 0.15) is 6.61 Å². The number of rotatable bonds is 29. The predicted octanol–water partition coefficient (Wildman–Crippen LogP) is 7.41. The van der Waals surface area contributed by atoms with Crippen LogP contribution in [-0.2, 0) is 28.2 Å². The molecular formula is C35H61O10P. The van der Waals surface area contributed by atoms with E-state index in [1.54, 1.807) is 18.2 Å². The highest BCUT2D eigenvalue weighted by molar-refractivity contribution is 7.46. The van der Waals surface area contributed by atoms with Crippen molar-refractivity contribution >= 4 is 19.8 Å². The van der Waals surface area contributed by atoms with E-state index in [2.05, 4.69) is 25.3 Å². The molecule has 3 atom stereocenters. The van der Waals surface area contributed by atoms with Crippen LogP contribution in [0.25, 0.3) is 0 Å². The first-order valence-corrected chi connectivity index (χ1v) is 18.5. The number of hydrogen-bond acceptors (Lipinski definition) is 8. The Morgan fingerprint density at radius 3 is 1.83 bits per heavy atom. The molecule has 4 N–H and O–H groups in total. The van der Waals surface area contributed by atoms with E-state index in [0.29, 0.717) is 31.6 Å². The molecule has 266 valence electrons. The summed E-state index contributed by atoms with van der Waals surface area (Å²) in [7, 11) is -4.81. The molecule has 0 aromatic carbocycles. The summed E-state index contributed by atoms with van der Waals surface area (Å²) in [5, 5.41) is 20.0. The van der Waals surface area contributed by atoms with Gasteiger partial charge in [-0.25, -0.2) is 4.57 Å². The fourth-order valence-corrected chi connectivity index (χ4v) is 4.72. The number of aliphatic hydroxyl groups excluding tert-OH is 2. The largest absolute Gasteiger partial charge is 0.469 e. The third-order valence-corrected chi connectivity index (χ3v) is 7.47. The lowest BCUT2D eigenvalue weighted by Gasteiger charge is -2.18. The smallest absolute Gasteiger partial charge is 0.462 e. The average molecular weight is 673 g/mol. The van der Waals surface area contributed by atoms with Gasteiger partial charge in [0, 0.05) is 12.8 Å². The third-order valence-electron chi connectivity index (χ3n) is 6.99. The molecule has 0 aliphatic heterocycles. The number of aliphatic hydroxyl groups is 2. The van der Waals surface area contributed by atoms with Crippen LogP contribution < -0.4 is 0 Å². The monoisotopic (exact) mass is 672 g/mol. The first-order valence-electron chi connectivity index (χ1n) is 17.0. The molecule has 0 rings (SSSR count). The van der Waals surface area contributed by atoms with Crippen LogP contribution in [0.4, 0.5) is 0 Å². The van der Waals surface area contributed by atoms with E-state index >= 15 is 0 Å². The number of unbranched alkanes of at least 4 members (excludes halogenated alkanes) is 7. The van der Waals surface area contributed by atoms with Gasteiger partial charge in [0.15, 0.2) is 6.10 Å². The van der Waals surface area contributed by atoms with Gasteiger partial charge in [-0.3, -0.25) is 14.1 Å². The molecule has 0 aromatic heterocycles. The molecule has 0 aromatic rings. The zero-order valence-electron chi connectivity index (χ0n) is 28.3. The highest BCUT2D eigenvalue weighted by atomic mass is 31.2. The maximum Gasteiger partial charge on any atom is 0.469 e. The molecule has 11 heteroatoms. The Morgan fingerprint density at radius 2 is 1.24 bits per heavy atom. The Bertz CT molecular complexity index is 938. The van der Waals surface area contributed by atoms with Gasteiger partial charge in [-0.1, -0.05) is 127 Å². The molecule has 0 bridgehead atoms.